The van der Waals surface area contributed by atoms with Crippen molar-refractivity contribution in [2.75, 3.05) is 26.8 Å². The van der Waals surface area contributed by atoms with E-state index in [1.807, 2.05) is 19.1 Å². The van der Waals surface area contributed by atoms with Gasteiger partial charge in [-0.15, -0.1) is 0 Å². The van der Waals surface area contributed by atoms with Crippen LogP contribution in [-0.2, 0) is 4.74 Å². The molecule has 2 rings (SSSR count). The first-order chi connectivity index (χ1) is 10.0. The van der Waals surface area contributed by atoms with Gasteiger partial charge < -0.3 is 19.9 Å². The number of rotatable bonds is 8. The van der Waals surface area contributed by atoms with Gasteiger partial charge in [0.15, 0.2) is 0 Å². The Hall–Kier alpha value is -0.810. The van der Waals surface area contributed by atoms with Crippen LogP contribution in [0.15, 0.2) is 18.2 Å². The van der Waals surface area contributed by atoms with E-state index in [1.165, 1.54) is 6.42 Å². The van der Waals surface area contributed by atoms with E-state index in [4.69, 9.17) is 21.1 Å². The number of hydrogen-bond donors (Lipinski definition) is 2. The van der Waals surface area contributed by atoms with Gasteiger partial charge in [0.05, 0.1) is 5.60 Å². The Morgan fingerprint density at radius 3 is 2.76 bits per heavy atom. The summed E-state index contributed by atoms with van der Waals surface area (Å²) in [5, 5.41) is 13.9. The van der Waals surface area contributed by atoms with Crippen molar-refractivity contribution in [1.29, 1.82) is 0 Å². The average Bonchev–Trinajstić information content (AvgIpc) is 2.43. The topological polar surface area (TPSA) is 50.7 Å². The van der Waals surface area contributed by atoms with Gasteiger partial charge in [0.1, 0.15) is 18.5 Å². The zero-order valence-corrected chi connectivity index (χ0v) is 13.4. The lowest BCUT2D eigenvalue weighted by atomic mass is 9.80. The predicted octanol–water partition coefficient (Wildman–Crippen LogP) is 2.55. The lowest BCUT2D eigenvalue weighted by Crippen LogP contribution is -2.49. The van der Waals surface area contributed by atoms with Gasteiger partial charge in [-0.25, -0.2) is 0 Å². The van der Waals surface area contributed by atoms with Crippen LogP contribution in [0.2, 0.25) is 5.02 Å². The van der Waals surface area contributed by atoms with Gasteiger partial charge >= 0.3 is 0 Å². The van der Waals surface area contributed by atoms with Crippen LogP contribution in [0.25, 0.3) is 0 Å². The SMILES string of the molecule is COC1(CNCC(O)COc2ccc(Cl)c(C)c2)CCC1. The Labute approximate surface area is 131 Å². The Balaban J connectivity index is 1.67. The average molecular weight is 314 g/mol. The lowest BCUT2D eigenvalue weighted by Gasteiger charge is -2.40. The number of hydrogen-bond acceptors (Lipinski definition) is 4. The second-order valence-corrected chi connectivity index (χ2v) is 6.15. The van der Waals surface area contributed by atoms with Gasteiger partial charge in [-0.2, -0.15) is 0 Å². The standard InChI is InChI=1S/C16H24ClNO3/c1-12-8-14(4-5-15(12)17)21-10-13(19)9-18-11-16(20-2)6-3-7-16/h4-5,8,13,18-19H,3,6-7,9-11H2,1-2H3. The summed E-state index contributed by atoms with van der Waals surface area (Å²) >= 11 is 5.96. The monoisotopic (exact) mass is 313 g/mol. The maximum atomic E-state index is 9.94. The van der Waals surface area contributed by atoms with Crippen LogP contribution < -0.4 is 10.1 Å². The van der Waals surface area contributed by atoms with Crippen molar-refractivity contribution in [2.24, 2.45) is 0 Å². The molecular formula is C16H24ClNO3. The summed E-state index contributed by atoms with van der Waals surface area (Å²) in [6.07, 6.45) is 2.85. The zero-order valence-electron chi connectivity index (χ0n) is 12.7. The normalized spacial score (nSPS) is 18.1. The van der Waals surface area contributed by atoms with Gasteiger partial charge in [0.25, 0.3) is 0 Å². The van der Waals surface area contributed by atoms with Gasteiger partial charge in [0, 0.05) is 25.2 Å². The largest absolute Gasteiger partial charge is 0.491 e. The minimum Gasteiger partial charge on any atom is -0.491 e. The molecule has 1 unspecified atom stereocenters. The van der Waals surface area contributed by atoms with E-state index in [1.54, 1.807) is 13.2 Å². The fourth-order valence-electron chi connectivity index (χ4n) is 2.45. The summed E-state index contributed by atoms with van der Waals surface area (Å²) < 4.78 is 11.1. The van der Waals surface area contributed by atoms with Crippen molar-refractivity contribution in [3.63, 3.8) is 0 Å². The first-order valence-corrected chi connectivity index (χ1v) is 7.75. The minimum atomic E-state index is -0.546. The highest BCUT2D eigenvalue weighted by atomic mass is 35.5. The van der Waals surface area contributed by atoms with E-state index in [-0.39, 0.29) is 12.2 Å². The number of ether oxygens (including phenoxy) is 2. The van der Waals surface area contributed by atoms with E-state index in [0.29, 0.717) is 6.54 Å². The third-order valence-corrected chi connectivity index (χ3v) is 4.52. The van der Waals surface area contributed by atoms with Crippen molar-refractivity contribution >= 4 is 11.6 Å². The number of aliphatic hydroxyl groups excluding tert-OH is 1. The first kappa shape index (κ1) is 16.6. The number of halogens is 1. The maximum Gasteiger partial charge on any atom is 0.119 e. The highest BCUT2D eigenvalue weighted by Gasteiger charge is 2.36. The molecule has 5 heteroatoms. The number of nitrogens with one attached hydrogen (secondary N) is 1. The zero-order chi connectivity index (χ0) is 15.3. The van der Waals surface area contributed by atoms with Crippen LogP contribution in [0.4, 0.5) is 0 Å². The summed E-state index contributed by atoms with van der Waals surface area (Å²) in [7, 11) is 1.75. The summed E-state index contributed by atoms with van der Waals surface area (Å²) in [5.41, 5.74) is 0.947. The lowest BCUT2D eigenvalue weighted by molar-refractivity contribution is -0.0706. The molecule has 0 aliphatic heterocycles. The molecule has 4 nitrogen and oxygen atoms in total. The molecule has 1 aliphatic rings. The molecule has 1 aromatic carbocycles. The van der Waals surface area contributed by atoms with Crippen molar-refractivity contribution in [1.82, 2.24) is 5.32 Å². The molecule has 118 valence electrons. The number of benzene rings is 1. The van der Waals surface area contributed by atoms with E-state index < -0.39 is 6.10 Å². The highest BCUT2D eigenvalue weighted by Crippen LogP contribution is 2.34. The second kappa shape index (κ2) is 7.45. The highest BCUT2D eigenvalue weighted by molar-refractivity contribution is 6.31. The van der Waals surface area contributed by atoms with Gasteiger partial charge in [-0.05, 0) is 49.9 Å². The van der Waals surface area contributed by atoms with Crippen molar-refractivity contribution < 1.29 is 14.6 Å². The maximum absolute atomic E-state index is 9.94. The van der Waals surface area contributed by atoms with E-state index in [9.17, 15) is 5.11 Å². The molecule has 0 amide bonds. The quantitative estimate of drug-likeness (QED) is 0.774. The Kier molecular flexibility index (Phi) is 5.88. The van der Waals surface area contributed by atoms with E-state index >= 15 is 0 Å². The summed E-state index contributed by atoms with van der Waals surface area (Å²) in [4.78, 5) is 0. The van der Waals surface area contributed by atoms with E-state index in [2.05, 4.69) is 5.32 Å². The van der Waals surface area contributed by atoms with Gasteiger partial charge in [0.2, 0.25) is 0 Å². The fourth-order valence-corrected chi connectivity index (χ4v) is 2.57. The summed E-state index contributed by atoms with van der Waals surface area (Å²) in [6, 6.07) is 5.48. The third-order valence-electron chi connectivity index (χ3n) is 4.10. The molecule has 1 fully saturated rings. The smallest absolute Gasteiger partial charge is 0.119 e. The molecule has 1 aliphatic carbocycles. The van der Waals surface area contributed by atoms with E-state index in [0.717, 1.165) is 35.7 Å². The van der Waals surface area contributed by atoms with Crippen LogP contribution in [0.5, 0.6) is 5.75 Å². The summed E-state index contributed by atoms with van der Waals surface area (Å²) in [6.45, 7) is 3.46. The molecule has 1 saturated carbocycles. The molecule has 0 saturated heterocycles. The predicted molar refractivity (Wildman–Crippen MR) is 84.2 cm³/mol. The third kappa shape index (κ3) is 4.58. The minimum absolute atomic E-state index is 0.0200. The fraction of sp³-hybridized carbons (Fsp3) is 0.625. The van der Waals surface area contributed by atoms with Gasteiger partial charge in [-0.3, -0.25) is 0 Å². The Bertz CT molecular complexity index is 457. The van der Waals surface area contributed by atoms with Crippen LogP contribution in [-0.4, -0.2) is 43.6 Å². The molecule has 0 spiro atoms. The molecule has 0 radical (unpaired) electrons. The molecular weight excluding hydrogens is 290 g/mol. The number of aryl methyl sites for hydroxylation is 1. The molecule has 21 heavy (non-hydrogen) atoms. The Morgan fingerprint density at radius 2 is 2.19 bits per heavy atom. The Morgan fingerprint density at radius 1 is 1.43 bits per heavy atom. The van der Waals surface area contributed by atoms with Crippen molar-refractivity contribution in [2.45, 2.75) is 37.9 Å². The molecule has 0 heterocycles. The van der Waals surface area contributed by atoms with Crippen LogP contribution in [0, 0.1) is 6.92 Å². The first-order valence-electron chi connectivity index (χ1n) is 7.37. The second-order valence-electron chi connectivity index (χ2n) is 5.75. The molecule has 1 atom stereocenters. The molecule has 0 aromatic heterocycles. The van der Waals surface area contributed by atoms with Crippen LogP contribution in [0.1, 0.15) is 24.8 Å². The summed E-state index contributed by atoms with van der Waals surface area (Å²) in [5.74, 6) is 0.725. The van der Waals surface area contributed by atoms with Crippen molar-refractivity contribution in [3.8, 4) is 5.75 Å². The molecule has 1 aromatic rings. The van der Waals surface area contributed by atoms with Crippen LogP contribution >= 0.6 is 11.6 Å². The molecule has 2 N–H and O–H groups in total. The molecule has 0 bridgehead atoms. The number of methoxy groups -OCH3 is 1. The van der Waals surface area contributed by atoms with Crippen molar-refractivity contribution in [3.05, 3.63) is 28.8 Å². The van der Waals surface area contributed by atoms with Gasteiger partial charge in [-0.1, -0.05) is 11.6 Å². The number of aliphatic hydroxyl groups is 1. The van der Waals surface area contributed by atoms with Crippen LogP contribution in [0.3, 0.4) is 0 Å².